The summed E-state index contributed by atoms with van der Waals surface area (Å²) in [7, 11) is 0. The fraction of sp³-hybridized carbons (Fsp3) is 0.462. The summed E-state index contributed by atoms with van der Waals surface area (Å²) < 4.78 is 11.3. The number of halogens is 1. The second kappa shape index (κ2) is 13.3. The SMILES string of the molecule is CSCC[C@@H](NC(=O)OC(C)(C)C)C(=O)Nc1ccc(N2C[C@H](CCC(=O)c3ccc(Cl)s3)OC2=O)cc1. The van der Waals surface area contributed by atoms with Gasteiger partial charge in [-0.05, 0) is 82.0 Å². The monoisotopic (exact) mass is 581 g/mol. The second-order valence-corrected chi connectivity index (χ2v) is 12.4. The number of ether oxygens (including phenoxy) is 2. The number of amides is 3. The van der Waals surface area contributed by atoms with Crippen molar-refractivity contribution in [3.63, 3.8) is 0 Å². The van der Waals surface area contributed by atoms with Crippen LogP contribution in [-0.2, 0) is 14.3 Å². The summed E-state index contributed by atoms with van der Waals surface area (Å²) in [6.45, 7) is 5.58. The van der Waals surface area contributed by atoms with Gasteiger partial charge in [-0.2, -0.15) is 11.8 Å². The highest BCUT2D eigenvalue weighted by atomic mass is 35.5. The standard InChI is InChI=1S/C26H32ClN3O6S2/c1-26(2,3)36-24(33)29-19(13-14-37-4)23(32)28-16-5-7-17(8-6-16)30-15-18(35-25(30)34)9-10-20(31)21-11-12-22(27)38-21/h5-8,11-12,18-19H,9-10,13-15H2,1-4H3,(H,28,32)(H,29,33)/t18-,19+/m0/s1. The zero-order valence-corrected chi connectivity index (χ0v) is 24.1. The molecule has 1 aromatic carbocycles. The average Bonchev–Trinajstić information content (AvgIpc) is 3.44. The number of ketones is 1. The number of hydrogen-bond donors (Lipinski definition) is 2. The van der Waals surface area contributed by atoms with Crippen molar-refractivity contribution in [2.45, 2.75) is 57.8 Å². The first-order chi connectivity index (χ1) is 17.9. The van der Waals surface area contributed by atoms with Gasteiger partial charge in [0.2, 0.25) is 5.91 Å². The van der Waals surface area contributed by atoms with Crippen LogP contribution in [0.4, 0.5) is 21.0 Å². The van der Waals surface area contributed by atoms with Crippen LogP contribution in [0.1, 0.15) is 49.7 Å². The molecule has 2 N–H and O–H groups in total. The molecule has 1 fully saturated rings. The Bertz CT molecular complexity index is 1150. The molecule has 0 unspecified atom stereocenters. The van der Waals surface area contributed by atoms with E-state index in [1.54, 1.807) is 68.9 Å². The van der Waals surface area contributed by atoms with Crippen molar-refractivity contribution in [2.75, 3.05) is 28.8 Å². The molecule has 1 aliphatic heterocycles. The Morgan fingerprint density at radius 1 is 1.21 bits per heavy atom. The number of cyclic esters (lactones) is 1. The minimum Gasteiger partial charge on any atom is -0.444 e. The van der Waals surface area contributed by atoms with Crippen LogP contribution in [0.3, 0.4) is 0 Å². The van der Waals surface area contributed by atoms with E-state index in [1.165, 1.54) is 16.2 Å². The number of carbonyl (C=O) groups excluding carboxylic acids is 4. The van der Waals surface area contributed by atoms with E-state index in [4.69, 9.17) is 21.1 Å². The predicted octanol–water partition coefficient (Wildman–Crippen LogP) is 5.97. The first-order valence-corrected chi connectivity index (χ1v) is 14.7. The highest BCUT2D eigenvalue weighted by Gasteiger charge is 2.32. The maximum atomic E-state index is 12.9. The number of thiophene rings is 1. The lowest BCUT2D eigenvalue weighted by molar-refractivity contribution is -0.118. The Labute approximate surface area is 235 Å². The number of Topliss-reactive ketones (excluding diaryl/α,β-unsaturated/α-hetero) is 1. The zero-order valence-electron chi connectivity index (χ0n) is 21.7. The molecule has 2 aromatic rings. The van der Waals surface area contributed by atoms with Crippen LogP contribution in [0.15, 0.2) is 36.4 Å². The smallest absolute Gasteiger partial charge is 0.414 e. The predicted molar refractivity (Wildman–Crippen MR) is 152 cm³/mol. The van der Waals surface area contributed by atoms with Gasteiger partial charge in [-0.15, -0.1) is 11.3 Å². The number of rotatable bonds is 11. The van der Waals surface area contributed by atoms with Crippen LogP contribution < -0.4 is 15.5 Å². The Morgan fingerprint density at radius 2 is 1.92 bits per heavy atom. The van der Waals surface area contributed by atoms with Crippen molar-refractivity contribution in [3.05, 3.63) is 45.6 Å². The molecule has 38 heavy (non-hydrogen) atoms. The maximum Gasteiger partial charge on any atom is 0.414 e. The third kappa shape index (κ3) is 8.92. The fourth-order valence-corrected chi connectivity index (χ4v) is 5.15. The highest BCUT2D eigenvalue weighted by molar-refractivity contribution is 7.98. The summed E-state index contributed by atoms with van der Waals surface area (Å²) in [6.07, 6.45) is 1.47. The minimum atomic E-state index is -0.765. The van der Waals surface area contributed by atoms with Gasteiger partial charge in [0.15, 0.2) is 5.78 Å². The van der Waals surface area contributed by atoms with E-state index in [0.29, 0.717) is 45.7 Å². The molecule has 2 heterocycles. The van der Waals surface area contributed by atoms with Gasteiger partial charge in [0, 0.05) is 17.8 Å². The molecule has 1 aromatic heterocycles. The van der Waals surface area contributed by atoms with Crippen molar-refractivity contribution in [3.8, 4) is 0 Å². The maximum absolute atomic E-state index is 12.9. The van der Waals surface area contributed by atoms with E-state index in [0.717, 1.165) is 0 Å². The summed E-state index contributed by atoms with van der Waals surface area (Å²) in [4.78, 5) is 51.9. The molecule has 3 amide bonds. The molecule has 3 rings (SSSR count). The first kappa shape index (κ1) is 29.8. The summed E-state index contributed by atoms with van der Waals surface area (Å²) in [5.41, 5.74) is 0.449. The van der Waals surface area contributed by atoms with E-state index in [-0.39, 0.29) is 18.1 Å². The fourth-order valence-electron chi connectivity index (χ4n) is 3.67. The molecule has 1 saturated heterocycles. The van der Waals surface area contributed by atoms with Gasteiger partial charge in [-0.1, -0.05) is 11.6 Å². The molecule has 12 heteroatoms. The van der Waals surface area contributed by atoms with E-state index in [1.807, 2.05) is 6.26 Å². The summed E-state index contributed by atoms with van der Waals surface area (Å²) in [6, 6.07) is 9.38. The average molecular weight is 582 g/mol. The van der Waals surface area contributed by atoms with Gasteiger partial charge in [-0.3, -0.25) is 14.5 Å². The number of thioether (sulfide) groups is 1. The first-order valence-electron chi connectivity index (χ1n) is 12.1. The molecule has 0 aliphatic carbocycles. The summed E-state index contributed by atoms with van der Waals surface area (Å²) in [5, 5.41) is 5.45. The van der Waals surface area contributed by atoms with Crippen LogP contribution in [-0.4, -0.2) is 60.2 Å². The third-order valence-corrected chi connectivity index (χ3v) is 7.40. The van der Waals surface area contributed by atoms with Gasteiger partial charge in [-0.25, -0.2) is 9.59 Å². The number of anilines is 2. The largest absolute Gasteiger partial charge is 0.444 e. The number of alkyl carbamates (subject to hydrolysis) is 1. The molecule has 206 valence electrons. The lowest BCUT2D eigenvalue weighted by Crippen LogP contribution is -2.46. The second-order valence-electron chi connectivity index (χ2n) is 9.70. The third-order valence-electron chi connectivity index (χ3n) is 5.48. The quantitative estimate of drug-likeness (QED) is 0.314. The topological polar surface area (TPSA) is 114 Å². The lowest BCUT2D eigenvalue weighted by atomic mass is 10.1. The number of nitrogens with zero attached hydrogens (tertiary/aromatic N) is 1. The van der Waals surface area contributed by atoms with Crippen molar-refractivity contribution in [1.29, 1.82) is 0 Å². The number of nitrogens with one attached hydrogen (secondary N) is 2. The molecule has 9 nitrogen and oxygen atoms in total. The van der Waals surface area contributed by atoms with Crippen molar-refractivity contribution in [2.24, 2.45) is 0 Å². The van der Waals surface area contributed by atoms with E-state index < -0.39 is 29.9 Å². The van der Waals surface area contributed by atoms with E-state index >= 15 is 0 Å². The summed E-state index contributed by atoms with van der Waals surface area (Å²) in [5.74, 6) is 0.279. The van der Waals surface area contributed by atoms with Crippen LogP contribution in [0.25, 0.3) is 0 Å². The van der Waals surface area contributed by atoms with Gasteiger partial charge in [0.05, 0.1) is 15.8 Å². The molecule has 0 spiro atoms. The number of benzene rings is 1. The zero-order chi connectivity index (χ0) is 27.9. The normalized spacial score (nSPS) is 16.1. The van der Waals surface area contributed by atoms with Gasteiger partial charge >= 0.3 is 12.2 Å². The number of hydrogen-bond acceptors (Lipinski definition) is 8. The Balaban J connectivity index is 1.55. The molecular weight excluding hydrogens is 550 g/mol. The van der Waals surface area contributed by atoms with Crippen molar-refractivity contribution in [1.82, 2.24) is 5.32 Å². The van der Waals surface area contributed by atoms with Gasteiger partial charge < -0.3 is 20.1 Å². The Kier molecular flexibility index (Phi) is 10.5. The van der Waals surface area contributed by atoms with Crippen molar-refractivity contribution >= 4 is 70.0 Å². The highest BCUT2D eigenvalue weighted by Crippen LogP contribution is 2.27. The molecule has 2 atom stereocenters. The number of carbonyl (C=O) groups is 4. The van der Waals surface area contributed by atoms with Crippen molar-refractivity contribution < 1.29 is 28.7 Å². The van der Waals surface area contributed by atoms with Crippen LogP contribution in [0.5, 0.6) is 0 Å². The van der Waals surface area contributed by atoms with Gasteiger partial charge in [0.25, 0.3) is 0 Å². The van der Waals surface area contributed by atoms with Crippen LogP contribution in [0.2, 0.25) is 4.34 Å². The van der Waals surface area contributed by atoms with Crippen LogP contribution >= 0.6 is 34.7 Å². The molecule has 0 saturated carbocycles. The van der Waals surface area contributed by atoms with E-state index in [2.05, 4.69) is 10.6 Å². The van der Waals surface area contributed by atoms with E-state index in [9.17, 15) is 19.2 Å². The molecule has 0 radical (unpaired) electrons. The van der Waals surface area contributed by atoms with Gasteiger partial charge in [0.1, 0.15) is 17.7 Å². The molecule has 1 aliphatic rings. The Morgan fingerprint density at radius 3 is 2.53 bits per heavy atom. The molecular formula is C26H32ClN3O6S2. The lowest BCUT2D eigenvalue weighted by Gasteiger charge is -2.23. The molecule has 0 bridgehead atoms. The van der Waals surface area contributed by atoms with Crippen LogP contribution in [0, 0.1) is 0 Å². The minimum absolute atomic E-state index is 0.0338. The Hall–Kier alpha value is -2.76. The summed E-state index contributed by atoms with van der Waals surface area (Å²) >= 11 is 8.70.